The van der Waals surface area contributed by atoms with Crippen LogP contribution < -0.4 is 10.1 Å². The molecule has 0 saturated heterocycles. The third-order valence-corrected chi connectivity index (χ3v) is 4.43. The first-order valence-corrected chi connectivity index (χ1v) is 9.08. The molecule has 0 aliphatic carbocycles. The number of hydrogen-bond donors (Lipinski definition) is 1. The quantitative estimate of drug-likeness (QED) is 0.502. The topological polar surface area (TPSA) is 81.7 Å². The molecule has 3 aromatic rings. The summed E-state index contributed by atoms with van der Waals surface area (Å²) in [5.41, 5.74) is 1.22. The zero-order valence-corrected chi connectivity index (χ0v) is 16.4. The van der Waals surface area contributed by atoms with Gasteiger partial charge in [-0.05, 0) is 54.1 Å². The summed E-state index contributed by atoms with van der Waals surface area (Å²) in [5.74, 6) is -0.792. The van der Waals surface area contributed by atoms with Crippen LogP contribution in [0.3, 0.4) is 0 Å². The Labute approximate surface area is 168 Å². The number of hydrogen-bond acceptors (Lipinski definition) is 5. The van der Waals surface area contributed by atoms with Gasteiger partial charge in [-0.25, -0.2) is 4.79 Å². The minimum absolute atomic E-state index is 0.198. The van der Waals surface area contributed by atoms with Crippen molar-refractivity contribution < 1.29 is 23.9 Å². The Morgan fingerprint density at radius 2 is 1.55 bits per heavy atom. The monoisotopic (exact) mass is 391 g/mol. The first kappa shape index (κ1) is 20.1. The highest BCUT2D eigenvalue weighted by atomic mass is 16.5. The highest BCUT2D eigenvalue weighted by Crippen LogP contribution is 2.27. The lowest BCUT2D eigenvalue weighted by atomic mass is 10.0. The lowest BCUT2D eigenvalue weighted by Crippen LogP contribution is -2.24. The molecule has 0 radical (unpaired) electrons. The van der Waals surface area contributed by atoms with Crippen LogP contribution in [-0.4, -0.2) is 30.9 Å². The molecule has 0 aliphatic rings. The van der Waals surface area contributed by atoms with Gasteiger partial charge in [0.1, 0.15) is 11.3 Å². The SMILES string of the molecule is COc1cc2ccccc2cc1C(=O)O[C@@H](C)C(=O)c1ccc(NC(C)=O)cc1. The molecule has 148 valence electrons. The summed E-state index contributed by atoms with van der Waals surface area (Å²) in [6.07, 6.45) is -0.981. The molecule has 1 atom stereocenters. The predicted molar refractivity (Wildman–Crippen MR) is 110 cm³/mol. The molecule has 0 heterocycles. The van der Waals surface area contributed by atoms with Gasteiger partial charge in [0.2, 0.25) is 11.7 Å². The Bertz CT molecular complexity index is 1070. The predicted octanol–water partition coefficient (Wildman–Crippen LogP) is 4.24. The zero-order valence-electron chi connectivity index (χ0n) is 16.4. The van der Waals surface area contributed by atoms with Gasteiger partial charge in [-0.2, -0.15) is 0 Å². The molecule has 0 fully saturated rings. The van der Waals surface area contributed by atoms with Gasteiger partial charge in [0.15, 0.2) is 6.10 Å². The van der Waals surface area contributed by atoms with E-state index in [4.69, 9.17) is 9.47 Å². The van der Waals surface area contributed by atoms with Crippen molar-refractivity contribution in [1.82, 2.24) is 0 Å². The van der Waals surface area contributed by atoms with Crippen LogP contribution in [0.15, 0.2) is 60.7 Å². The van der Waals surface area contributed by atoms with E-state index in [1.165, 1.54) is 21.0 Å². The van der Waals surface area contributed by atoms with Crippen LogP contribution in [0.25, 0.3) is 10.8 Å². The molecule has 29 heavy (non-hydrogen) atoms. The van der Waals surface area contributed by atoms with Crippen molar-refractivity contribution in [3.63, 3.8) is 0 Å². The van der Waals surface area contributed by atoms with E-state index in [0.29, 0.717) is 17.0 Å². The maximum Gasteiger partial charge on any atom is 0.342 e. The van der Waals surface area contributed by atoms with Gasteiger partial charge in [0.05, 0.1) is 7.11 Å². The second-order valence-electron chi connectivity index (χ2n) is 6.57. The first-order chi connectivity index (χ1) is 13.9. The summed E-state index contributed by atoms with van der Waals surface area (Å²) in [5, 5.41) is 4.43. The number of carbonyl (C=O) groups is 3. The maximum atomic E-state index is 12.7. The van der Waals surface area contributed by atoms with Gasteiger partial charge in [-0.3, -0.25) is 9.59 Å². The molecule has 0 bridgehead atoms. The van der Waals surface area contributed by atoms with Crippen molar-refractivity contribution in [1.29, 1.82) is 0 Å². The molecule has 1 N–H and O–H groups in total. The van der Waals surface area contributed by atoms with Crippen LogP contribution >= 0.6 is 0 Å². The molecule has 6 heteroatoms. The van der Waals surface area contributed by atoms with E-state index in [9.17, 15) is 14.4 Å². The molecule has 6 nitrogen and oxygen atoms in total. The number of carbonyl (C=O) groups excluding carboxylic acids is 3. The van der Waals surface area contributed by atoms with Gasteiger partial charge >= 0.3 is 5.97 Å². The fraction of sp³-hybridized carbons (Fsp3) is 0.174. The summed E-state index contributed by atoms with van der Waals surface area (Å²) in [7, 11) is 1.48. The summed E-state index contributed by atoms with van der Waals surface area (Å²) in [6, 6.07) is 17.4. The highest BCUT2D eigenvalue weighted by Gasteiger charge is 2.23. The summed E-state index contributed by atoms with van der Waals surface area (Å²) in [6.45, 7) is 2.93. The third kappa shape index (κ3) is 4.60. The number of anilines is 1. The van der Waals surface area contributed by atoms with Crippen LogP contribution in [-0.2, 0) is 9.53 Å². The number of benzene rings is 3. The Balaban J connectivity index is 1.77. The minimum atomic E-state index is -0.981. The standard InChI is InChI=1S/C23H21NO5/c1-14(22(26)16-8-10-19(11-9-16)24-15(2)25)29-23(27)20-12-17-6-4-5-7-18(17)13-21(20)28-3/h4-14H,1-3H3,(H,24,25)/t14-/m0/s1. The fourth-order valence-corrected chi connectivity index (χ4v) is 2.98. The van der Waals surface area contributed by atoms with Crippen molar-refractivity contribution in [2.75, 3.05) is 12.4 Å². The van der Waals surface area contributed by atoms with E-state index in [1.54, 1.807) is 36.4 Å². The van der Waals surface area contributed by atoms with E-state index in [0.717, 1.165) is 10.8 Å². The Morgan fingerprint density at radius 3 is 2.14 bits per heavy atom. The third-order valence-electron chi connectivity index (χ3n) is 4.43. The molecule has 1 amide bonds. The van der Waals surface area contributed by atoms with E-state index < -0.39 is 12.1 Å². The van der Waals surface area contributed by atoms with Gasteiger partial charge in [-0.1, -0.05) is 24.3 Å². The van der Waals surface area contributed by atoms with Crippen LogP contribution in [0, 0.1) is 0 Å². The minimum Gasteiger partial charge on any atom is -0.496 e. The van der Waals surface area contributed by atoms with Gasteiger partial charge in [0.25, 0.3) is 0 Å². The molecular formula is C23H21NO5. The summed E-state index contributed by atoms with van der Waals surface area (Å²) < 4.78 is 10.7. The molecular weight excluding hydrogens is 370 g/mol. The van der Waals surface area contributed by atoms with Crippen molar-refractivity contribution in [2.45, 2.75) is 20.0 Å². The van der Waals surface area contributed by atoms with Crippen molar-refractivity contribution >= 4 is 34.1 Å². The number of rotatable bonds is 6. The maximum absolute atomic E-state index is 12.7. The molecule has 0 saturated carbocycles. The number of ether oxygens (including phenoxy) is 2. The van der Waals surface area contributed by atoms with Crippen LogP contribution in [0.4, 0.5) is 5.69 Å². The largest absolute Gasteiger partial charge is 0.496 e. The van der Waals surface area contributed by atoms with E-state index in [1.807, 2.05) is 24.3 Å². The molecule has 0 spiro atoms. The Kier molecular flexibility index (Phi) is 5.93. The van der Waals surface area contributed by atoms with E-state index in [-0.39, 0.29) is 17.3 Å². The van der Waals surface area contributed by atoms with Gasteiger partial charge in [-0.15, -0.1) is 0 Å². The van der Waals surface area contributed by atoms with Crippen LogP contribution in [0.5, 0.6) is 5.75 Å². The Morgan fingerprint density at radius 1 is 0.931 bits per heavy atom. The fourth-order valence-electron chi connectivity index (χ4n) is 2.98. The first-order valence-electron chi connectivity index (χ1n) is 9.08. The van der Waals surface area contributed by atoms with Crippen molar-refractivity contribution in [3.05, 3.63) is 71.8 Å². The van der Waals surface area contributed by atoms with E-state index >= 15 is 0 Å². The normalized spacial score (nSPS) is 11.6. The number of esters is 1. The smallest absolute Gasteiger partial charge is 0.342 e. The average Bonchev–Trinajstić information content (AvgIpc) is 2.72. The van der Waals surface area contributed by atoms with Crippen molar-refractivity contribution in [3.8, 4) is 5.75 Å². The second-order valence-corrected chi connectivity index (χ2v) is 6.57. The highest BCUT2D eigenvalue weighted by molar-refractivity contribution is 6.03. The van der Waals surface area contributed by atoms with Crippen LogP contribution in [0.2, 0.25) is 0 Å². The average molecular weight is 391 g/mol. The number of methoxy groups -OCH3 is 1. The molecule has 0 unspecified atom stereocenters. The van der Waals surface area contributed by atoms with Crippen LogP contribution in [0.1, 0.15) is 34.6 Å². The number of nitrogens with one attached hydrogen (secondary N) is 1. The number of fused-ring (bicyclic) bond motifs is 1. The van der Waals surface area contributed by atoms with Gasteiger partial charge < -0.3 is 14.8 Å². The lowest BCUT2D eigenvalue weighted by molar-refractivity contribution is -0.114. The van der Waals surface area contributed by atoms with Gasteiger partial charge in [0, 0.05) is 18.2 Å². The van der Waals surface area contributed by atoms with E-state index in [2.05, 4.69) is 5.32 Å². The molecule has 3 aromatic carbocycles. The second kappa shape index (κ2) is 8.56. The number of Topliss-reactive ketones (excluding diaryl/α,β-unsaturated/α-hetero) is 1. The Hall–Kier alpha value is -3.67. The molecule has 3 rings (SSSR count). The summed E-state index contributed by atoms with van der Waals surface area (Å²) in [4.78, 5) is 36.4. The molecule has 0 aliphatic heterocycles. The lowest BCUT2D eigenvalue weighted by Gasteiger charge is -2.15. The molecule has 0 aromatic heterocycles. The number of ketones is 1. The zero-order chi connectivity index (χ0) is 21.0. The van der Waals surface area contributed by atoms with Crippen molar-refractivity contribution in [2.24, 2.45) is 0 Å². The summed E-state index contributed by atoms with van der Waals surface area (Å²) >= 11 is 0. The number of amides is 1.